The minimum absolute atomic E-state index is 0.251. The Kier molecular flexibility index (Phi) is 1.32. The summed E-state index contributed by atoms with van der Waals surface area (Å²) in [5, 5.41) is 21.5. The van der Waals surface area contributed by atoms with E-state index in [0.29, 0.717) is 0 Å². The average molecular weight is 198 g/mol. The van der Waals surface area contributed by atoms with Crippen LogP contribution in [0.4, 0.5) is 0 Å². The molecule has 3 saturated heterocycles. The maximum Gasteiger partial charge on any atom is 0.114 e. The second-order valence-corrected chi connectivity index (χ2v) is 3.82. The quantitative estimate of drug-likeness (QED) is 0.422. The number of rotatable bonds is 2. The zero-order valence-electron chi connectivity index (χ0n) is 6.91. The Morgan fingerprint density at radius 2 is 1.14 bits per heavy atom. The van der Waals surface area contributed by atoms with Crippen LogP contribution in [0.1, 0.15) is 0 Å². The lowest BCUT2D eigenvalue weighted by atomic mass is 9.79. The van der Waals surface area contributed by atoms with Gasteiger partial charge < -0.3 is 29.3 Å². The zero-order chi connectivity index (χ0) is 10.0. The molecule has 0 aromatic carbocycles. The molecule has 0 aromatic rings. The normalized spacial score (nSPS) is 52.9. The van der Waals surface area contributed by atoms with Crippen molar-refractivity contribution >= 4 is 11.9 Å². The van der Waals surface area contributed by atoms with Gasteiger partial charge in [0.2, 0.25) is 0 Å². The van der Waals surface area contributed by atoms with Crippen LogP contribution in [-0.2, 0) is 19.1 Å². The van der Waals surface area contributed by atoms with Crippen molar-refractivity contribution in [3.8, 4) is 0 Å². The van der Waals surface area contributed by atoms with Crippen LogP contribution in [0, 0.1) is 11.8 Å². The van der Waals surface area contributed by atoms with E-state index in [1.165, 1.54) is 0 Å². The highest BCUT2D eigenvalue weighted by atomic mass is 16.7. The summed E-state index contributed by atoms with van der Waals surface area (Å²) in [6.07, 6.45) is -1.84. The fraction of sp³-hybridized carbons (Fsp3) is 0.750. The van der Waals surface area contributed by atoms with Crippen LogP contribution in [0.15, 0.2) is 0 Å². The van der Waals surface area contributed by atoms with Crippen LogP contribution < -0.4 is 10.2 Å². The maximum atomic E-state index is 10.7. The summed E-state index contributed by atoms with van der Waals surface area (Å²) in [4.78, 5) is 21.5. The lowest BCUT2D eigenvalue weighted by Crippen LogP contribution is -2.51. The Morgan fingerprint density at radius 3 is 1.50 bits per heavy atom. The third-order valence-corrected chi connectivity index (χ3v) is 3.16. The van der Waals surface area contributed by atoms with E-state index in [2.05, 4.69) is 0 Å². The molecule has 3 aliphatic heterocycles. The summed E-state index contributed by atoms with van der Waals surface area (Å²) >= 11 is 0. The maximum absolute atomic E-state index is 10.7. The van der Waals surface area contributed by atoms with E-state index in [0.717, 1.165) is 0 Å². The van der Waals surface area contributed by atoms with Crippen LogP contribution in [-0.4, -0.2) is 36.4 Å². The van der Waals surface area contributed by atoms with E-state index in [9.17, 15) is 19.8 Å². The number of carbonyl (C=O) groups excluding carboxylic acids is 2. The molecule has 3 rings (SSSR count). The number of fused-ring (bicyclic) bond motifs is 5. The van der Waals surface area contributed by atoms with Crippen molar-refractivity contribution in [2.75, 3.05) is 0 Å². The van der Waals surface area contributed by atoms with Gasteiger partial charge in [-0.15, -0.1) is 0 Å². The molecular weight excluding hydrogens is 192 g/mol. The number of epoxide rings is 1. The first-order valence-electron chi connectivity index (χ1n) is 4.34. The van der Waals surface area contributed by atoms with Crippen molar-refractivity contribution < 1.29 is 29.3 Å². The average Bonchev–Trinajstić information content (AvgIpc) is 2.71. The molecule has 3 heterocycles. The molecule has 0 unspecified atom stereocenters. The minimum atomic E-state index is -1.40. The van der Waals surface area contributed by atoms with Crippen LogP contribution in [0.5, 0.6) is 0 Å². The van der Waals surface area contributed by atoms with E-state index in [1.54, 1.807) is 0 Å². The number of carbonyl (C=O) groups is 2. The number of hydrogen-bond acceptors (Lipinski definition) is 6. The first kappa shape index (κ1) is 8.19. The van der Waals surface area contributed by atoms with Crippen molar-refractivity contribution in [1.82, 2.24) is 0 Å². The zero-order valence-corrected chi connectivity index (χ0v) is 6.91. The summed E-state index contributed by atoms with van der Waals surface area (Å²) in [5.41, 5.74) is 0. The van der Waals surface area contributed by atoms with Crippen LogP contribution in [0.3, 0.4) is 0 Å². The van der Waals surface area contributed by atoms with Crippen molar-refractivity contribution in [2.45, 2.75) is 24.4 Å². The lowest BCUT2D eigenvalue weighted by molar-refractivity contribution is -0.326. The molecular formula is C8H6O6-2. The fourth-order valence-corrected chi connectivity index (χ4v) is 2.55. The Balaban J connectivity index is 1.95. The summed E-state index contributed by atoms with van der Waals surface area (Å²) < 4.78 is 10.3. The van der Waals surface area contributed by atoms with E-state index in [4.69, 9.17) is 9.47 Å². The summed E-state index contributed by atoms with van der Waals surface area (Å²) in [5.74, 6) is -5.07. The SMILES string of the molecule is O=C([O-])[C@@H]1[C@@H]2O[C@@H]([C@@H]3O[C@@H]32)[C@H]1C(=O)[O-]. The molecule has 0 N–H and O–H groups in total. The van der Waals surface area contributed by atoms with E-state index < -0.39 is 36.0 Å². The minimum Gasteiger partial charge on any atom is -0.550 e. The second kappa shape index (κ2) is 2.26. The molecule has 0 amide bonds. The van der Waals surface area contributed by atoms with Crippen LogP contribution >= 0.6 is 0 Å². The van der Waals surface area contributed by atoms with E-state index >= 15 is 0 Å². The van der Waals surface area contributed by atoms with Gasteiger partial charge in [-0.2, -0.15) is 0 Å². The molecule has 0 aromatic heterocycles. The lowest BCUT2D eigenvalue weighted by Gasteiger charge is -2.27. The fourth-order valence-electron chi connectivity index (χ4n) is 2.55. The molecule has 0 spiro atoms. The third kappa shape index (κ3) is 0.777. The van der Waals surface area contributed by atoms with Gasteiger partial charge in [0.05, 0.1) is 12.2 Å². The topological polar surface area (TPSA) is 102 Å². The predicted molar refractivity (Wildman–Crippen MR) is 34.3 cm³/mol. The Labute approximate surface area is 78.4 Å². The Bertz CT molecular complexity index is 296. The molecule has 76 valence electrons. The number of hydrogen-bond donors (Lipinski definition) is 0. The summed E-state index contributed by atoms with van der Waals surface area (Å²) in [6, 6.07) is 0. The van der Waals surface area contributed by atoms with Crippen molar-refractivity contribution in [3.63, 3.8) is 0 Å². The smallest absolute Gasteiger partial charge is 0.114 e. The number of ether oxygens (including phenoxy) is 2. The first-order valence-corrected chi connectivity index (χ1v) is 4.34. The van der Waals surface area contributed by atoms with Gasteiger partial charge in [0.15, 0.2) is 0 Å². The van der Waals surface area contributed by atoms with Gasteiger partial charge in [0, 0.05) is 23.8 Å². The molecule has 3 fully saturated rings. The highest BCUT2D eigenvalue weighted by Gasteiger charge is 2.69. The van der Waals surface area contributed by atoms with Gasteiger partial charge in [-0.3, -0.25) is 0 Å². The van der Waals surface area contributed by atoms with Crippen molar-refractivity contribution in [3.05, 3.63) is 0 Å². The highest BCUT2D eigenvalue weighted by molar-refractivity contribution is 5.80. The second-order valence-electron chi connectivity index (χ2n) is 3.82. The Hall–Kier alpha value is -1.14. The Morgan fingerprint density at radius 1 is 0.786 bits per heavy atom. The molecule has 6 atom stereocenters. The molecule has 0 radical (unpaired) electrons. The molecule has 3 aliphatic rings. The summed E-state index contributed by atoms with van der Waals surface area (Å²) in [7, 11) is 0. The monoisotopic (exact) mass is 198 g/mol. The van der Waals surface area contributed by atoms with Gasteiger partial charge in [-0.05, 0) is 0 Å². The first-order chi connectivity index (χ1) is 6.61. The van der Waals surface area contributed by atoms with Crippen LogP contribution in [0.2, 0.25) is 0 Å². The standard InChI is InChI=1S/C8H8O6/c9-7(10)1-2(8(11)12)4-6-5(14-6)3(1)13-4/h1-6H,(H,9,10)(H,11,12)/p-2/t1-,2-,3-,4+,5+,6-/m0/s1. The molecule has 6 heteroatoms. The highest BCUT2D eigenvalue weighted by Crippen LogP contribution is 2.53. The van der Waals surface area contributed by atoms with E-state index in [-0.39, 0.29) is 12.2 Å². The van der Waals surface area contributed by atoms with Gasteiger partial charge in [-0.25, -0.2) is 0 Å². The number of carboxylic acids is 2. The molecule has 14 heavy (non-hydrogen) atoms. The molecule has 6 nitrogen and oxygen atoms in total. The van der Waals surface area contributed by atoms with Gasteiger partial charge >= 0.3 is 0 Å². The molecule has 0 saturated carbocycles. The van der Waals surface area contributed by atoms with Crippen molar-refractivity contribution in [1.29, 1.82) is 0 Å². The predicted octanol–water partition coefficient (Wildman–Crippen LogP) is -3.73. The van der Waals surface area contributed by atoms with Gasteiger partial charge in [-0.1, -0.05) is 0 Å². The molecule has 2 bridgehead atoms. The van der Waals surface area contributed by atoms with Gasteiger partial charge in [0.1, 0.15) is 12.2 Å². The largest absolute Gasteiger partial charge is 0.550 e. The third-order valence-electron chi connectivity index (χ3n) is 3.16. The number of aliphatic carboxylic acids is 2. The number of carboxylic acid groups (broad SMARTS) is 2. The molecule has 0 aliphatic carbocycles. The van der Waals surface area contributed by atoms with E-state index in [1.807, 2.05) is 0 Å². The summed E-state index contributed by atoms with van der Waals surface area (Å²) in [6.45, 7) is 0. The van der Waals surface area contributed by atoms with Crippen molar-refractivity contribution in [2.24, 2.45) is 11.8 Å². The van der Waals surface area contributed by atoms with Gasteiger partial charge in [0.25, 0.3) is 0 Å². The van der Waals surface area contributed by atoms with Crippen LogP contribution in [0.25, 0.3) is 0 Å².